The van der Waals surface area contributed by atoms with E-state index in [1.807, 2.05) is 31.3 Å². The second-order valence-electron chi connectivity index (χ2n) is 7.98. The van der Waals surface area contributed by atoms with Gasteiger partial charge in [-0.05, 0) is 25.0 Å². The quantitative estimate of drug-likeness (QED) is 0.361. The predicted octanol–water partition coefficient (Wildman–Crippen LogP) is 3.02. The van der Waals surface area contributed by atoms with Crippen LogP contribution in [0.4, 0.5) is 11.8 Å². The molecule has 0 amide bonds. The van der Waals surface area contributed by atoms with Gasteiger partial charge in [0.05, 0.1) is 5.56 Å². The maximum Gasteiger partial charge on any atom is 0.225 e. The normalized spacial score (nSPS) is 14.5. The number of allylic oxidation sites excluding steroid dienone is 5. The lowest BCUT2D eigenvalue weighted by Crippen LogP contribution is -2.35. The molecule has 0 aromatic carbocycles. The van der Waals surface area contributed by atoms with E-state index in [4.69, 9.17) is 11.1 Å². The summed E-state index contributed by atoms with van der Waals surface area (Å²) < 4.78 is 1.47. The molecular weight excluding hydrogens is 414 g/mol. The second-order valence-corrected chi connectivity index (χ2v) is 7.98. The van der Waals surface area contributed by atoms with Gasteiger partial charge in [-0.15, -0.1) is 5.10 Å². The average Bonchev–Trinajstić information content (AvgIpc) is 3.25. The van der Waals surface area contributed by atoms with Crippen LogP contribution in [0.25, 0.3) is 11.2 Å². The minimum Gasteiger partial charge on any atom is -0.368 e. The second kappa shape index (κ2) is 9.74. The molecular formula is C24H29N9. The molecule has 0 saturated heterocycles. The Morgan fingerprint density at radius 2 is 2.21 bits per heavy atom. The van der Waals surface area contributed by atoms with Crippen LogP contribution < -0.4 is 11.1 Å². The fourth-order valence-electron chi connectivity index (χ4n) is 4.00. The molecule has 3 aromatic heterocycles. The summed E-state index contributed by atoms with van der Waals surface area (Å²) >= 11 is 0. The van der Waals surface area contributed by atoms with Gasteiger partial charge < -0.3 is 16.5 Å². The van der Waals surface area contributed by atoms with Crippen LogP contribution in [0.5, 0.6) is 0 Å². The highest BCUT2D eigenvalue weighted by atomic mass is 15.4. The molecule has 9 heteroatoms. The molecule has 33 heavy (non-hydrogen) atoms. The number of nitrogens with zero attached hydrogens (tertiary/aromatic N) is 6. The van der Waals surface area contributed by atoms with Gasteiger partial charge in [0.15, 0.2) is 11.5 Å². The van der Waals surface area contributed by atoms with Crippen LogP contribution in [0.3, 0.4) is 0 Å². The van der Waals surface area contributed by atoms with Gasteiger partial charge in [-0.2, -0.15) is 9.50 Å². The monoisotopic (exact) mass is 443 g/mol. The summed E-state index contributed by atoms with van der Waals surface area (Å²) in [4.78, 5) is 16.0. The fourth-order valence-corrected chi connectivity index (χ4v) is 4.00. The Balaban J connectivity index is 1.53. The summed E-state index contributed by atoms with van der Waals surface area (Å²) in [7, 11) is 0. The first-order valence-corrected chi connectivity index (χ1v) is 11.0. The lowest BCUT2D eigenvalue weighted by atomic mass is 10.0. The van der Waals surface area contributed by atoms with Crippen molar-refractivity contribution in [2.75, 3.05) is 30.7 Å². The number of aryl methyl sites for hydroxylation is 1. The fraction of sp³-hybridized carbons (Fsp3) is 0.292. The molecule has 170 valence electrons. The highest BCUT2D eigenvalue weighted by Gasteiger charge is 2.19. The molecule has 0 atom stereocenters. The number of pyridine rings is 1. The van der Waals surface area contributed by atoms with Crippen LogP contribution in [0.2, 0.25) is 0 Å². The number of nitrogen functional groups attached to an aromatic ring is 1. The minimum absolute atomic E-state index is 0.212. The van der Waals surface area contributed by atoms with Crippen LogP contribution in [0.15, 0.2) is 43.1 Å². The Labute approximate surface area is 193 Å². The van der Waals surface area contributed by atoms with Crippen molar-refractivity contribution in [3.05, 3.63) is 71.4 Å². The van der Waals surface area contributed by atoms with Crippen molar-refractivity contribution in [1.29, 1.82) is 5.41 Å². The Morgan fingerprint density at radius 3 is 2.97 bits per heavy atom. The van der Waals surface area contributed by atoms with Crippen molar-refractivity contribution in [2.24, 2.45) is 0 Å². The average molecular weight is 444 g/mol. The summed E-state index contributed by atoms with van der Waals surface area (Å²) in [5.74, 6) is 1.24. The zero-order chi connectivity index (χ0) is 23.4. The number of aromatic nitrogens is 5. The van der Waals surface area contributed by atoms with E-state index >= 15 is 0 Å². The van der Waals surface area contributed by atoms with Gasteiger partial charge >= 0.3 is 0 Å². The van der Waals surface area contributed by atoms with E-state index in [-0.39, 0.29) is 5.95 Å². The van der Waals surface area contributed by atoms with Crippen molar-refractivity contribution >= 4 is 29.2 Å². The molecule has 9 nitrogen and oxygen atoms in total. The number of rotatable bonds is 8. The van der Waals surface area contributed by atoms with Gasteiger partial charge in [0.1, 0.15) is 5.82 Å². The first-order chi connectivity index (χ1) is 16.0. The van der Waals surface area contributed by atoms with E-state index in [1.165, 1.54) is 27.6 Å². The molecule has 4 rings (SSSR count). The first-order valence-electron chi connectivity index (χ1n) is 11.0. The van der Waals surface area contributed by atoms with Crippen molar-refractivity contribution in [3.8, 4) is 0 Å². The Morgan fingerprint density at radius 1 is 1.36 bits per heavy atom. The largest absolute Gasteiger partial charge is 0.368 e. The number of anilines is 2. The zero-order valence-electron chi connectivity index (χ0n) is 19.0. The van der Waals surface area contributed by atoms with Gasteiger partial charge in [-0.1, -0.05) is 36.9 Å². The number of nitrogens with one attached hydrogen (secondary N) is 2. The Hall–Kier alpha value is -3.85. The van der Waals surface area contributed by atoms with Gasteiger partial charge in [-0.3, -0.25) is 9.88 Å². The molecule has 0 radical (unpaired) electrons. The van der Waals surface area contributed by atoms with Crippen LogP contribution >= 0.6 is 0 Å². The summed E-state index contributed by atoms with van der Waals surface area (Å²) in [6, 6.07) is 2.22. The Kier molecular flexibility index (Phi) is 6.60. The molecule has 0 aliphatic carbocycles. The summed E-state index contributed by atoms with van der Waals surface area (Å²) in [6.45, 7) is 11.1. The van der Waals surface area contributed by atoms with Crippen molar-refractivity contribution < 1.29 is 0 Å². The lowest BCUT2D eigenvalue weighted by Gasteiger charge is -2.28. The lowest BCUT2D eigenvalue weighted by molar-refractivity contribution is 0.261. The highest BCUT2D eigenvalue weighted by Crippen LogP contribution is 2.22. The molecule has 0 fully saturated rings. The topological polar surface area (TPSA) is 121 Å². The van der Waals surface area contributed by atoms with Gasteiger partial charge in [0, 0.05) is 56.3 Å². The van der Waals surface area contributed by atoms with Gasteiger partial charge in [-0.25, -0.2) is 4.98 Å². The van der Waals surface area contributed by atoms with Crippen LogP contribution in [0, 0.1) is 12.3 Å². The summed E-state index contributed by atoms with van der Waals surface area (Å²) in [6.07, 6.45) is 11.4. The van der Waals surface area contributed by atoms with E-state index in [1.54, 1.807) is 6.08 Å². The predicted molar refractivity (Wildman–Crippen MR) is 133 cm³/mol. The third kappa shape index (κ3) is 4.68. The molecule has 1 aliphatic heterocycles. The molecule has 3 aromatic rings. The van der Waals surface area contributed by atoms with E-state index in [0.29, 0.717) is 29.4 Å². The SMILES string of the molecule is C=C/C=C(\C=C/C)c1nc2c(C=N)c(NCCN3CCc4ncc(C)cc4C3)nc(N)n2n1. The number of fused-ring (bicyclic) bond motifs is 2. The van der Waals surface area contributed by atoms with Crippen molar-refractivity contribution in [1.82, 2.24) is 29.5 Å². The molecule has 0 spiro atoms. The van der Waals surface area contributed by atoms with E-state index in [0.717, 1.165) is 31.6 Å². The van der Waals surface area contributed by atoms with Crippen LogP contribution in [-0.4, -0.2) is 55.3 Å². The maximum absolute atomic E-state index is 7.96. The Bertz CT molecular complexity index is 1250. The molecule has 1 aliphatic rings. The first kappa shape index (κ1) is 22.3. The van der Waals surface area contributed by atoms with Gasteiger partial charge in [0.25, 0.3) is 0 Å². The van der Waals surface area contributed by atoms with E-state index in [2.05, 4.69) is 49.8 Å². The summed E-state index contributed by atoms with van der Waals surface area (Å²) in [5.41, 5.74) is 11.7. The van der Waals surface area contributed by atoms with Gasteiger partial charge in [0.2, 0.25) is 5.95 Å². The molecule has 0 bridgehead atoms. The molecule has 4 N–H and O–H groups in total. The number of nitrogens with two attached hydrogens (primary N) is 1. The van der Waals surface area contributed by atoms with E-state index < -0.39 is 0 Å². The third-order valence-electron chi connectivity index (χ3n) is 5.57. The standard InChI is InChI=1S/C24H29N9/c1-4-6-17(7-5-2)21-29-23-19(13-25)22(30-24(26)33(23)31-21)27-9-11-32-10-8-20-18(15-32)12-16(3)14-28-20/h4-7,12-14,25,27H,1,8-11,15H2,2-3H3,(H2,26,30)/b7-5-,17-6+,25-13?. The maximum atomic E-state index is 7.96. The van der Waals surface area contributed by atoms with Crippen molar-refractivity contribution in [3.63, 3.8) is 0 Å². The molecule has 4 heterocycles. The number of hydrogen-bond donors (Lipinski definition) is 3. The number of hydrogen-bond acceptors (Lipinski definition) is 8. The smallest absolute Gasteiger partial charge is 0.225 e. The molecule has 0 saturated carbocycles. The third-order valence-corrected chi connectivity index (χ3v) is 5.57. The van der Waals surface area contributed by atoms with Crippen LogP contribution in [-0.2, 0) is 13.0 Å². The highest BCUT2D eigenvalue weighted by molar-refractivity contribution is 5.93. The van der Waals surface area contributed by atoms with Crippen molar-refractivity contribution in [2.45, 2.75) is 26.8 Å². The van der Waals surface area contributed by atoms with E-state index in [9.17, 15) is 0 Å². The zero-order valence-corrected chi connectivity index (χ0v) is 19.0. The minimum atomic E-state index is 0.212. The molecule has 0 unspecified atom stereocenters. The van der Waals surface area contributed by atoms with Crippen LogP contribution in [0.1, 0.15) is 35.1 Å². The summed E-state index contributed by atoms with van der Waals surface area (Å²) in [5, 5.41) is 15.8.